The van der Waals surface area contributed by atoms with Crippen LogP contribution in [-0.4, -0.2) is 25.1 Å². The van der Waals surface area contributed by atoms with Crippen molar-refractivity contribution in [2.45, 2.75) is 0 Å². The van der Waals surface area contributed by atoms with E-state index in [0.29, 0.717) is 16.4 Å². The number of carbonyl (C=O) groups is 1. The van der Waals surface area contributed by atoms with Gasteiger partial charge in [0.2, 0.25) is 5.13 Å². The summed E-state index contributed by atoms with van der Waals surface area (Å²) in [5.74, 6) is 0.992. The van der Waals surface area contributed by atoms with Gasteiger partial charge in [-0.15, -0.1) is 0 Å². The average Bonchev–Trinajstić information content (AvgIpc) is 3.01. The zero-order valence-corrected chi connectivity index (χ0v) is 13.4. The van der Waals surface area contributed by atoms with Gasteiger partial charge in [-0.2, -0.15) is 0 Å². The van der Waals surface area contributed by atoms with Crippen LogP contribution in [0, 0.1) is 0 Å². The van der Waals surface area contributed by atoms with Crippen LogP contribution in [0.5, 0.6) is 11.5 Å². The maximum Gasteiger partial charge on any atom is 0.273 e. The number of nitrogens with zero attached hydrogens (tertiary/aromatic N) is 1. The Balaban J connectivity index is 1.74. The van der Waals surface area contributed by atoms with Crippen molar-refractivity contribution in [1.82, 2.24) is 10.4 Å². The number of ether oxygens (including phenoxy) is 2. The van der Waals surface area contributed by atoms with Gasteiger partial charge in [-0.3, -0.25) is 15.6 Å². The summed E-state index contributed by atoms with van der Waals surface area (Å²) in [6.07, 6.45) is 0. The Morgan fingerprint density at radius 1 is 1.13 bits per heavy atom. The Hall–Kier alpha value is -2.80. The summed E-state index contributed by atoms with van der Waals surface area (Å²) < 4.78 is 11.3. The molecule has 2 N–H and O–H groups in total. The SMILES string of the molecule is COc1ccc2nc(NNC(=O)c3ccccc3OC)sc2c1. The summed E-state index contributed by atoms with van der Waals surface area (Å²) in [7, 11) is 3.15. The van der Waals surface area contributed by atoms with E-state index in [0.717, 1.165) is 16.0 Å². The first-order chi connectivity index (χ1) is 11.2. The highest BCUT2D eigenvalue weighted by atomic mass is 32.1. The molecule has 1 amide bonds. The monoisotopic (exact) mass is 329 g/mol. The molecule has 0 unspecified atom stereocenters. The number of hydrogen-bond donors (Lipinski definition) is 2. The lowest BCUT2D eigenvalue weighted by atomic mass is 10.2. The summed E-state index contributed by atoms with van der Waals surface area (Å²) >= 11 is 1.43. The fourth-order valence-corrected chi connectivity index (χ4v) is 2.94. The summed E-state index contributed by atoms with van der Waals surface area (Å²) in [5, 5.41) is 0.594. The molecule has 0 saturated heterocycles. The molecular weight excluding hydrogens is 314 g/mol. The molecule has 7 heteroatoms. The molecular formula is C16H15N3O3S. The van der Waals surface area contributed by atoms with Gasteiger partial charge in [0.25, 0.3) is 5.91 Å². The van der Waals surface area contributed by atoms with Crippen molar-refractivity contribution in [1.29, 1.82) is 0 Å². The Morgan fingerprint density at radius 3 is 2.74 bits per heavy atom. The lowest BCUT2D eigenvalue weighted by molar-refractivity contribution is 0.0959. The number of aromatic nitrogens is 1. The third-order valence-corrected chi connectivity index (χ3v) is 4.16. The normalized spacial score (nSPS) is 10.3. The topological polar surface area (TPSA) is 72.5 Å². The minimum atomic E-state index is -0.292. The molecule has 0 saturated carbocycles. The highest BCUT2D eigenvalue weighted by Crippen LogP contribution is 2.28. The van der Waals surface area contributed by atoms with Crippen LogP contribution in [0.1, 0.15) is 10.4 Å². The summed E-state index contributed by atoms with van der Waals surface area (Å²) in [4.78, 5) is 16.6. The smallest absolute Gasteiger partial charge is 0.273 e. The molecule has 0 fully saturated rings. The molecule has 2 aromatic carbocycles. The number of carbonyl (C=O) groups excluding carboxylic acids is 1. The molecule has 0 aliphatic carbocycles. The van der Waals surface area contributed by atoms with Gasteiger partial charge in [-0.25, -0.2) is 4.98 Å². The number of nitrogens with one attached hydrogen (secondary N) is 2. The largest absolute Gasteiger partial charge is 0.497 e. The molecule has 0 radical (unpaired) electrons. The fourth-order valence-electron chi connectivity index (χ4n) is 2.10. The molecule has 3 rings (SSSR count). The third kappa shape index (κ3) is 3.19. The molecule has 0 aliphatic heterocycles. The van der Waals surface area contributed by atoms with E-state index in [1.807, 2.05) is 24.3 Å². The number of hydrazine groups is 1. The first-order valence-electron chi connectivity index (χ1n) is 6.85. The summed E-state index contributed by atoms with van der Waals surface area (Å²) in [5.41, 5.74) is 6.75. The summed E-state index contributed by atoms with van der Waals surface area (Å²) in [6.45, 7) is 0. The van der Waals surface area contributed by atoms with E-state index in [9.17, 15) is 4.79 Å². The number of methoxy groups -OCH3 is 2. The van der Waals surface area contributed by atoms with E-state index < -0.39 is 0 Å². The van der Waals surface area contributed by atoms with Crippen molar-refractivity contribution in [2.75, 3.05) is 19.6 Å². The van der Waals surface area contributed by atoms with Crippen molar-refractivity contribution >= 4 is 32.6 Å². The van der Waals surface area contributed by atoms with Crippen LogP contribution in [0.4, 0.5) is 5.13 Å². The van der Waals surface area contributed by atoms with E-state index >= 15 is 0 Å². The van der Waals surface area contributed by atoms with Crippen LogP contribution in [0.2, 0.25) is 0 Å². The first-order valence-corrected chi connectivity index (χ1v) is 7.67. The summed E-state index contributed by atoms with van der Waals surface area (Å²) in [6, 6.07) is 12.6. The van der Waals surface area contributed by atoms with Gasteiger partial charge in [-0.1, -0.05) is 23.5 Å². The fraction of sp³-hybridized carbons (Fsp3) is 0.125. The van der Waals surface area contributed by atoms with Crippen molar-refractivity contribution in [3.63, 3.8) is 0 Å². The molecule has 118 valence electrons. The number of benzene rings is 2. The maximum atomic E-state index is 12.2. The molecule has 23 heavy (non-hydrogen) atoms. The second-order valence-corrected chi connectivity index (χ2v) is 5.66. The van der Waals surface area contributed by atoms with Gasteiger partial charge < -0.3 is 9.47 Å². The van der Waals surface area contributed by atoms with Crippen LogP contribution < -0.4 is 20.3 Å². The van der Waals surface area contributed by atoms with Crippen molar-refractivity contribution in [3.05, 3.63) is 48.0 Å². The molecule has 6 nitrogen and oxygen atoms in total. The second-order valence-electron chi connectivity index (χ2n) is 4.63. The number of para-hydroxylation sites is 1. The number of anilines is 1. The third-order valence-electron chi connectivity index (χ3n) is 3.23. The minimum absolute atomic E-state index is 0.292. The van der Waals surface area contributed by atoms with Gasteiger partial charge in [0.05, 0.1) is 30.0 Å². The standard InChI is InChI=1S/C16H15N3O3S/c1-21-10-7-8-12-14(9-10)23-16(17-12)19-18-15(20)11-5-3-4-6-13(11)22-2/h3-9H,1-2H3,(H,17,19)(H,18,20). The lowest BCUT2D eigenvalue weighted by Gasteiger charge is -2.08. The van der Waals surface area contributed by atoms with E-state index in [4.69, 9.17) is 9.47 Å². The zero-order valence-electron chi connectivity index (χ0n) is 12.6. The van der Waals surface area contributed by atoms with Gasteiger partial charge in [0.1, 0.15) is 11.5 Å². The quantitative estimate of drug-likeness (QED) is 0.704. The van der Waals surface area contributed by atoms with Crippen molar-refractivity contribution in [2.24, 2.45) is 0 Å². The van der Waals surface area contributed by atoms with Crippen LogP contribution in [-0.2, 0) is 0 Å². The van der Waals surface area contributed by atoms with Gasteiger partial charge in [-0.05, 0) is 30.3 Å². The number of thiazole rings is 1. The zero-order chi connectivity index (χ0) is 16.2. The predicted molar refractivity (Wildman–Crippen MR) is 90.3 cm³/mol. The number of fused-ring (bicyclic) bond motifs is 1. The average molecular weight is 329 g/mol. The molecule has 0 spiro atoms. The second kappa shape index (κ2) is 6.53. The number of amides is 1. The Labute approximate surface area is 137 Å². The Morgan fingerprint density at radius 2 is 1.96 bits per heavy atom. The van der Waals surface area contributed by atoms with Gasteiger partial charge in [0, 0.05) is 0 Å². The van der Waals surface area contributed by atoms with Gasteiger partial charge in [0.15, 0.2) is 0 Å². The number of hydrogen-bond acceptors (Lipinski definition) is 6. The van der Waals surface area contributed by atoms with E-state index in [2.05, 4.69) is 15.8 Å². The highest BCUT2D eigenvalue weighted by molar-refractivity contribution is 7.22. The Kier molecular flexibility index (Phi) is 4.29. The lowest BCUT2D eigenvalue weighted by Crippen LogP contribution is -2.29. The minimum Gasteiger partial charge on any atom is -0.497 e. The molecule has 1 heterocycles. The van der Waals surface area contributed by atoms with Gasteiger partial charge >= 0.3 is 0 Å². The first kappa shape index (κ1) is 15.1. The van der Waals surface area contributed by atoms with Crippen molar-refractivity contribution < 1.29 is 14.3 Å². The van der Waals surface area contributed by atoms with E-state index in [-0.39, 0.29) is 5.91 Å². The van der Waals surface area contributed by atoms with Crippen LogP contribution in [0.15, 0.2) is 42.5 Å². The van der Waals surface area contributed by atoms with Crippen LogP contribution >= 0.6 is 11.3 Å². The van der Waals surface area contributed by atoms with Crippen LogP contribution in [0.25, 0.3) is 10.2 Å². The molecule has 0 aliphatic rings. The maximum absolute atomic E-state index is 12.2. The van der Waals surface area contributed by atoms with E-state index in [1.54, 1.807) is 25.3 Å². The van der Waals surface area contributed by atoms with E-state index in [1.165, 1.54) is 18.4 Å². The molecule has 0 atom stereocenters. The van der Waals surface area contributed by atoms with Crippen molar-refractivity contribution in [3.8, 4) is 11.5 Å². The molecule has 0 bridgehead atoms. The van der Waals surface area contributed by atoms with Crippen LogP contribution in [0.3, 0.4) is 0 Å². The number of rotatable bonds is 5. The Bertz CT molecular complexity index is 847. The predicted octanol–water partition coefficient (Wildman–Crippen LogP) is 3.07. The molecule has 3 aromatic rings. The molecule has 1 aromatic heterocycles. The highest BCUT2D eigenvalue weighted by Gasteiger charge is 2.12.